The molecule has 0 atom stereocenters. The van der Waals surface area contributed by atoms with E-state index < -0.39 is 0 Å². The molecule has 0 spiro atoms. The van der Waals surface area contributed by atoms with Crippen molar-refractivity contribution in [3.63, 3.8) is 0 Å². The molecule has 0 heterocycles. The SMILES string of the molecule is C=CC1=C(/C=C(\C)c2cc(C(C)(C)C)cc3c2-c2ccc(C(C)(C)C)cc2C3(C)C)c2cccc3c(-c4cc(C(C)(C)C)cc5c4-c4ccc(C(C)(C)C)cc4C5(C)C)ccc1c23. The largest absolute Gasteiger partial charge is 0.0984 e. The average Bonchev–Trinajstić information content (AvgIpc) is 3.72. The molecule has 0 aromatic heterocycles. The molecular formula is C63H70. The Morgan fingerprint density at radius 2 is 0.889 bits per heavy atom. The second-order valence-electron chi connectivity index (χ2n) is 24.4. The van der Waals surface area contributed by atoms with E-state index in [1.54, 1.807) is 0 Å². The molecule has 0 amide bonds. The molecule has 63 heavy (non-hydrogen) atoms. The molecule has 0 radical (unpaired) electrons. The molecule has 322 valence electrons. The fourth-order valence-electron chi connectivity index (χ4n) is 11.1. The van der Waals surface area contributed by atoms with Crippen LogP contribution in [0.2, 0.25) is 0 Å². The fourth-order valence-corrected chi connectivity index (χ4v) is 11.1. The van der Waals surface area contributed by atoms with Gasteiger partial charge in [0, 0.05) is 10.8 Å². The molecule has 9 rings (SSSR count). The quantitative estimate of drug-likeness (QED) is 0.166. The van der Waals surface area contributed by atoms with Crippen molar-refractivity contribution in [1.82, 2.24) is 0 Å². The van der Waals surface area contributed by atoms with Crippen LogP contribution in [-0.2, 0) is 32.5 Å². The van der Waals surface area contributed by atoms with E-state index in [1.165, 1.54) is 122 Å². The third kappa shape index (κ3) is 6.52. The molecule has 6 aromatic carbocycles. The molecule has 0 bridgehead atoms. The highest BCUT2D eigenvalue weighted by atomic mass is 14.4. The van der Waals surface area contributed by atoms with Crippen molar-refractivity contribution in [2.24, 2.45) is 0 Å². The second kappa shape index (κ2) is 13.7. The Balaban J connectivity index is 1.26. The molecule has 0 fully saturated rings. The Kier molecular flexibility index (Phi) is 9.34. The predicted molar refractivity (Wildman–Crippen MR) is 276 cm³/mol. The zero-order valence-corrected chi connectivity index (χ0v) is 41.5. The number of rotatable bonds is 4. The van der Waals surface area contributed by atoms with E-state index in [-0.39, 0.29) is 32.5 Å². The van der Waals surface area contributed by atoms with Gasteiger partial charge >= 0.3 is 0 Å². The minimum Gasteiger partial charge on any atom is -0.0984 e. The van der Waals surface area contributed by atoms with Gasteiger partial charge in [0.05, 0.1) is 0 Å². The molecule has 0 heteroatoms. The summed E-state index contributed by atoms with van der Waals surface area (Å²) in [5, 5.41) is 2.63. The first-order valence-electron chi connectivity index (χ1n) is 23.5. The van der Waals surface area contributed by atoms with Gasteiger partial charge in [0.15, 0.2) is 0 Å². The summed E-state index contributed by atoms with van der Waals surface area (Å²) in [7, 11) is 0. The van der Waals surface area contributed by atoms with Crippen molar-refractivity contribution in [2.45, 2.75) is 150 Å². The van der Waals surface area contributed by atoms with Crippen molar-refractivity contribution in [3.8, 4) is 33.4 Å². The van der Waals surface area contributed by atoms with Gasteiger partial charge in [-0.05, 0) is 157 Å². The van der Waals surface area contributed by atoms with E-state index in [9.17, 15) is 0 Å². The van der Waals surface area contributed by atoms with Crippen LogP contribution in [0.25, 0.3) is 60.9 Å². The molecule has 0 unspecified atom stereocenters. The Labute approximate surface area is 380 Å². The standard InChI is InChI=1S/C63H70/c1-19-41-45-28-27-42(50-31-40(61(12,13)14)35-54-57(50)47-26-24-38(59(6,7)8)33-52(47)63(54,17)18)43-21-20-22-44(55(43)45)49(41)29-36(2)48-30-39(60(9,10)11)34-53-56(48)46-25-23-37(58(3,4)5)32-51(46)62(53,15)16/h19-35H,1H2,2-18H3/b36-29+. The molecule has 0 aliphatic heterocycles. The first-order chi connectivity index (χ1) is 29.2. The van der Waals surface area contributed by atoms with Crippen molar-refractivity contribution in [3.05, 3.63) is 171 Å². The Morgan fingerprint density at radius 3 is 1.41 bits per heavy atom. The molecule has 6 aromatic rings. The first kappa shape index (κ1) is 43.1. The van der Waals surface area contributed by atoms with E-state index in [4.69, 9.17) is 0 Å². The van der Waals surface area contributed by atoms with Gasteiger partial charge in [0.1, 0.15) is 0 Å². The van der Waals surface area contributed by atoms with Crippen LogP contribution in [0.1, 0.15) is 179 Å². The fraction of sp³-hybridized carbons (Fsp3) is 0.365. The maximum Gasteiger partial charge on any atom is 0.0159 e. The van der Waals surface area contributed by atoms with Gasteiger partial charge in [0.25, 0.3) is 0 Å². The molecule has 0 nitrogen and oxygen atoms in total. The lowest BCUT2D eigenvalue weighted by Crippen LogP contribution is -2.19. The number of benzene rings is 6. The lowest BCUT2D eigenvalue weighted by molar-refractivity contribution is 0.579. The summed E-state index contributed by atoms with van der Waals surface area (Å²) >= 11 is 0. The van der Waals surface area contributed by atoms with Crippen molar-refractivity contribution in [2.75, 3.05) is 0 Å². The zero-order chi connectivity index (χ0) is 45.7. The van der Waals surface area contributed by atoms with Gasteiger partial charge in [-0.3, -0.25) is 0 Å². The van der Waals surface area contributed by atoms with Crippen LogP contribution in [0.3, 0.4) is 0 Å². The van der Waals surface area contributed by atoms with Crippen LogP contribution < -0.4 is 0 Å². The van der Waals surface area contributed by atoms with Gasteiger partial charge in [-0.15, -0.1) is 0 Å². The van der Waals surface area contributed by atoms with E-state index in [1.807, 2.05) is 0 Å². The molecule has 3 aliphatic carbocycles. The van der Waals surface area contributed by atoms with Crippen LogP contribution >= 0.6 is 0 Å². The average molecular weight is 827 g/mol. The molecule has 0 saturated carbocycles. The summed E-state index contributed by atoms with van der Waals surface area (Å²) in [6.07, 6.45) is 4.57. The Bertz CT molecular complexity index is 3020. The number of hydrogen-bond acceptors (Lipinski definition) is 0. The number of hydrogen-bond donors (Lipinski definition) is 0. The Morgan fingerprint density at radius 1 is 0.444 bits per heavy atom. The summed E-state index contributed by atoms with van der Waals surface area (Å²) in [6.45, 7) is 44.6. The van der Waals surface area contributed by atoms with Gasteiger partial charge in [-0.25, -0.2) is 0 Å². The van der Waals surface area contributed by atoms with Crippen LogP contribution in [-0.4, -0.2) is 0 Å². The van der Waals surface area contributed by atoms with Crippen molar-refractivity contribution < 1.29 is 0 Å². The minimum atomic E-state index is -0.126. The first-order valence-corrected chi connectivity index (χ1v) is 23.5. The third-order valence-corrected chi connectivity index (χ3v) is 15.2. The number of fused-ring (bicyclic) bond motifs is 6. The molecular weight excluding hydrogens is 757 g/mol. The highest BCUT2D eigenvalue weighted by Gasteiger charge is 2.41. The molecule has 0 saturated heterocycles. The maximum atomic E-state index is 4.47. The molecule has 3 aliphatic rings. The molecule has 0 N–H and O–H groups in total. The van der Waals surface area contributed by atoms with Gasteiger partial charge in [-0.2, -0.15) is 0 Å². The van der Waals surface area contributed by atoms with Crippen LogP contribution in [0.15, 0.2) is 110 Å². The highest BCUT2D eigenvalue weighted by Crippen LogP contribution is 2.57. The lowest BCUT2D eigenvalue weighted by atomic mass is 9.76. The monoisotopic (exact) mass is 827 g/mol. The van der Waals surface area contributed by atoms with Gasteiger partial charge in [0.2, 0.25) is 0 Å². The maximum absolute atomic E-state index is 4.47. The summed E-state index contributed by atoms with van der Waals surface area (Å²) in [5.41, 5.74) is 27.0. The van der Waals surface area contributed by atoms with Crippen LogP contribution in [0, 0.1) is 0 Å². The minimum absolute atomic E-state index is 0.00229. The Hall–Kier alpha value is -5.20. The highest BCUT2D eigenvalue weighted by molar-refractivity contribution is 6.22. The van der Waals surface area contributed by atoms with E-state index >= 15 is 0 Å². The van der Waals surface area contributed by atoms with E-state index in [2.05, 4.69) is 227 Å². The summed E-state index contributed by atoms with van der Waals surface area (Å²) in [4.78, 5) is 0. The normalized spacial score (nSPS) is 16.4. The van der Waals surface area contributed by atoms with Gasteiger partial charge in [-0.1, -0.05) is 214 Å². The number of allylic oxidation sites excluding steroid dienone is 5. The van der Waals surface area contributed by atoms with Crippen molar-refractivity contribution >= 4 is 27.5 Å². The predicted octanol–water partition coefficient (Wildman–Crippen LogP) is 17.8. The zero-order valence-electron chi connectivity index (χ0n) is 41.5. The van der Waals surface area contributed by atoms with Crippen LogP contribution in [0.5, 0.6) is 0 Å². The van der Waals surface area contributed by atoms with Gasteiger partial charge < -0.3 is 0 Å². The summed E-state index contributed by atoms with van der Waals surface area (Å²) < 4.78 is 0. The van der Waals surface area contributed by atoms with Crippen LogP contribution in [0.4, 0.5) is 0 Å². The summed E-state index contributed by atoms with van der Waals surface area (Å²) in [5.74, 6) is 0. The van der Waals surface area contributed by atoms with E-state index in [0.29, 0.717) is 0 Å². The van der Waals surface area contributed by atoms with E-state index in [0.717, 1.165) is 0 Å². The third-order valence-electron chi connectivity index (χ3n) is 15.2. The second-order valence-corrected chi connectivity index (χ2v) is 24.4. The van der Waals surface area contributed by atoms with Crippen molar-refractivity contribution in [1.29, 1.82) is 0 Å². The summed E-state index contributed by atoms with van der Waals surface area (Å²) in [6, 6.07) is 36.4. The smallest absolute Gasteiger partial charge is 0.0159 e. The lowest BCUT2D eigenvalue weighted by Gasteiger charge is -2.27. The topological polar surface area (TPSA) is 0 Å².